The van der Waals surface area contributed by atoms with Crippen molar-refractivity contribution in [2.45, 2.75) is 59.5 Å². The van der Waals surface area contributed by atoms with E-state index in [9.17, 15) is 0 Å². The predicted molar refractivity (Wildman–Crippen MR) is 89.0 cm³/mol. The molecule has 0 radical (unpaired) electrons. The van der Waals surface area contributed by atoms with Crippen molar-refractivity contribution in [2.75, 3.05) is 13.1 Å². The Balaban J connectivity index is 2.70. The molecular formula is C18H32N2. The van der Waals surface area contributed by atoms with Gasteiger partial charge >= 0.3 is 0 Å². The van der Waals surface area contributed by atoms with E-state index in [2.05, 4.69) is 70.7 Å². The molecule has 0 aliphatic rings. The lowest BCUT2D eigenvalue weighted by atomic mass is 9.99. The fourth-order valence-electron chi connectivity index (χ4n) is 2.45. The minimum Gasteiger partial charge on any atom is -0.323 e. The average molecular weight is 276 g/mol. The Hall–Kier alpha value is -0.860. The number of nitrogens with zero attached hydrogens (tertiary/aromatic N) is 1. The molecule has 0 aliphatic carbocycles. The number of hydrogen-bond acceptors (Lipinski definition) is 2. The second-order valence-corrected chi connectivity index (χ2v) is 6.87. The SMILES string of the molecule is CC(C)CN(CC(N)c1ccc(C(C)C)cc1)C(C)C. The summed E-state index contributed by atoms with van der Waals surface area (Å²) < 4.78 is 0. The van der Waals surface area contributed by atoms with Gasteiger partial charge in [-0.3, -0.25) is 4.90 Å². The van der Waals surface area contributed by atoms with Gasteiger partial charge in [0.15, 0.2) is 0 Å². The van der Waals surface area contributed by atoms with Crippen LogP contribution in [0, 0.1) is 5.92 Å². The zero-order valence-electron chi connectivity index (χ0n) is 14.1. The van der Waals surface area contributed by atoms with Crippen molar-refractivity contribution in [3.63, 3.8) is 0 Å². The zero-order valence-corrected chi connectivity index (χ0v) is 14.1. The molecule has 0 spiro atoms. The highest BCUT2D eigenvalue weighted by atomic mass is 15.2. The van der Waals surface area contributed by atoms with Gasteiger partial charge in [-0.15, -0.1) is 0 Å². The van der Waals surface area contributed by atoms with Crippen LogP contribution in [0.3, 0.4) is 0 Å². The molecule has 0 bridgehead atoms. The Morgan fingerprint density at radius 1 is 0.850 bits per heavy atom. The summed E-state index contributed by atoms with van der Waals surface area (Å²) in [5, 5.41) is 0. The molecule has 1 atom stereocenters. The van der Waals surface area contributed by atoms with Gasteiger partial charge in [-0.2, -0.15) is 0 Å². The first-order valence-corrected chi connectivity index (χ1v) is 7.90. The average Bonchev–Trinajstić information content (AvgIpc) is 2.37. The van der Waals surface area contributed by atoms with E-state index in [4.69, 9.17) is 5.73 Å². The minimum absolute atomic E-state index is 0.0948. The van der Waals surface area contributed by atoms with Crippen molar-refractivity contribution in [3.8, 4) is 0 Å². The second kappa shape index (κ2) is 7.80. The summed E-state index contributed by atoms with van der Waals surface area (Å²) in [4.78, 5) is 2.48. The summed E-state index contributed by atoms with van der Waals surface area (Å²) in [6, 6.07) is 9.43. The summed E-state index contributed by atoms with van der Waals surface area (Å²) in [7, 11) is 0. The number of nitrogens with two attached hydrogens (primary N) is 1. The summed E-state index contributed by atoms with van der Waals surface area (Å²) in [6.45, 7) is 15.5. The van der Waals surface area contributed by atoms with Crippen LogP contribution < -0.4 is 5.73 Å². The Morgan fingerprint density at radius 3 is 1.75 bits per heavy atom. The van der Waals surface area contributed by atoms with Crippen LogP contribution in [0.5, 0.6) is 0 Å². The first kappa shape index (κ1) is 17.2. The molecule has 1 rings (SSSR count). The number of hydrogen-bond donors (Lipinski definition) is 1. The van der Waals surface area contributed by atoms with Gasteiger partial charge in [-0.1, -0.05) is 52.0 Å². The first-order valence-electron chi connectivity index (χ1n) is 7.90. The highest BCUT2D eigenvalue weighted by Gasteiger charge is 2.16. The topological polar surface area (TPSA) is 29.3 Å². The first-order chi connectivity index (χ1) is 9.31. The maximum absolute atomic E-state index is 6.39. The molecule has 20 heavy (non-hydrogen) atoms. The molecule has 0 aliphatic heterocycles. The van der Waals surface area contributed by atoms with Gasteiger partial charge in [-0.05, 0) is 36.8 Å². The van der Waals surface area contributed by atoms with Crippen LogP contribution in [0.15, 0.2) is 24.3 Å². The molecule has 0 heterocycles. The smallest absolute Gasteiger partial charge is 0.0424 e. The lowest BCUT2D eigenvalue weighted by Gasteiger charge is -2.31. The van der Waals surface area contributed by atoms with Crippen LogP contribution in [0.1, 0.15) is 64.6 Å². The van der Waals surface area contributed by atoms with Gasteiger partial charge in [0.05, 0.1) is 0 Å². The van der Waals surface area contributed by atoms with Crippen LogP contribution in [-0.2, 0) is 0 Å². The molecule has 1 aromatic rings. The monoisotopic (exact) mass is 276 g/mol. The van der Waals surface area contributed by atoms with Crippen LogP contribution in [-0.4, -0.2) is 24.0 Å². The highest BCUT2D eigenvalue weighted by Crippen LogP contribution is 2.19. The third-order valence-electron chi connectivity index (χ3n) is 3.79. The van der Waals surface area contributed by atoms with E-state index in [-0.39, 0.29) is 6.04 Å². The van der Waals surface area contributed by atoms with Crippen molar-refractivity contribution in [1.29, 1.82) is 0 Å². The van der Waals surface area contributed by atoms with Gasteiger partial charge < -0.3 is 5.73 Å². The Kier molecular flexibility index (Phi) is 6.70. The van der Waals surface area contributed by atoms with E-state index in [0.29, 0.717) is 17.9 Å². The predicted octanol–water partition coefficient (Wildman–Crippen LogP) is 4.18. The van der Waals surface area contributed by atoms with Gasteiger partial charge in [-0.25, -0.2) is 0 Å². The third-order valence-corrected chi connectivity index (χ3v) is 3.79. The molecule has 0 saturated heterocycles. The Morgan fingerprint density at radius 2 is 1.35 bits per heavy atom. The molecule has 1 aromatic carbocycles. The van der Waals surface area contributed by atoms with Gasteiger partial charge in [0.25, 0.3) is 0 Å². The second-order valence-electron chi connectivity index (χ2n) is 6.87. The largest absolute Gasteiger partial charge is 0.323 e. The summed E-state index contributed by atoms with van der Waals surface area (Å²) in [6.07, 6.45) is 0. The van der Waals surface area contributed by atoms with E-state index in [1.165, 1.54) is 11.1 Å². The lowest BCUT2D eigenvalue weighted by molar-refractivity contribution is 0.186. The Bertz CT molecular complexity index is 379. The number of rotatable bonds is 7. The van der Waals surface area contributed by atoms with Crippen LogP contribution in [0.2, 0.25) is 0 Å². The van der Waals surface area contributed by atoms with E-state index in [1.54, 1.807) is 0 Å². The van der Waals surface area contributed by atoms with Gasteiger partial charge in [0, 0.05) is 25.2 Å². The van der Waals surface area contributed by atoms with Crippen molar-refractivity contribution in [1.82, 2.24) is 4.90 Å². The van der Waals surface area contributed by atoms with Crippen LogP contribution in [0.25, 0.3) is 0 Å². The van der Waals surface area contributed by atoms with E-state index in [1.807, 2.05) is 0 Å². The Labute approximate surface area is 125 Å². The highest BCUT2D eigenvalue weighted by molar-refractivity contribution is 5.26. The quantitative estimate of drug-likeness (QED) is 0.809. The van der Waals surface area contributed by atoms with Crippen LogP contribution >= 0.6 is 0 Å². The van der Waals surface area contributed by atoms with E-state index in [0.717, 1.165) is 13.1 Å². The van der Waals surface area contributed by atoms with Crippen molar-refractivity contribution in [3.05, 3.63) is 35.4 Å². The molecule has 114 valence electrons. The molecule has 0 aromatic heterocycles. The summed E-state index contributed by atoms with van der Waals surface area (Å²) >= 11 is 0. The normalized spacial score (nSPS) is 13.8. The zero-order chi connectivity index (χ0) is 15.3. The van der Waals surface area contributed by atoms with Crippen molar-refractivity contribution >= 4 is 0 Å². The molecule has 1 unspecified atom stereocenters. The van der Waals surface area contributed by atoms with Gasteiger partial charge in [0.1, 0.15) is 0 Å². The number of benzene rings is 1. The van der Waals surface area contributed by atoms with Crippen molar-refractivity contribution in [2.24, 2.45) is 11.7 Å². The maximum Gasteiger partial charge on any atom is 0.0424 e. The summed E-state index contributed by atoms with van der Waals surface area (Å²) in [5.74, 6) is 1.25. The molecule has 2 N–H and O–H groups in total. The standard InChI is InChI=1S/C18H32N2/c1-13(2)11-20(15(5)6)12-18(19)17-9-7-16(8-10-17)14(3)4/h7-10,13-15,18H,11-12,19H2,1-6H3. The fraction of sp³-hybridized carbons (Fsp3) is 0.667. The van der Waals surface area contributed by atoms with E-state index < -0.39 is 0 Å². The van der Waals surface area contributed by atoms with Gasteiger partial charge in [0.2, 0.25) is 0 Å². The fourth-order valence-corrected chi connectivity index (χ4v) is 2.45. The molecular weight excluding hydrogens is 244 g/mol. The van der Waals surface area contributed by atoms with Crippen molar-refractivity contribution < 1.29 is 0 Å². The molecule has 0 amide bonds. The molecule has 2 heteroatoms. The molecule has 2 nitrogen and oxygen atoms in total. The lowest BCUT2D eigenvalue weighted by Crippen LogP contribution is -2.39. The third kappa shape index (κ3) is 5.26. The summed E-state index contributed by atoms with van der Waals surface area (Å²) in [5.41, 5.74) is 9.01. The van der Waals surface area contributed by atoms with E-state index >= 15 is 0 Å². The minimum atomic E-state index is 0.0948. The molecule has 0 fully saturated rings. The van der Waals surface area contributed by atoms with Crippen LogP contribution in [0.4, 0.5) is 0 Å². The molecule has 0 saturated carbocycles. The maximum atomic E-state index is 6.39.